The van der Waals surface area contributed by atoms with Gasteiger partial charge in [0.15, 0.2) is 6.61 Å². The van der Waals surface area contributed by atoms with E-state index in [4.69, 9.17) is 4.74 Å². The predicted molar refractivity (Wildman–Crippen MR) is 121 cm³/mol. The van der Waals surface area contributed by atoms with Gasteiger partial charge in [-0.3, -0.25) is 10.1 Å². The molecule has 0 saturated heterocycles. The molecule has 0 aromatic heterocycles. The molecular weight excluding hydrogens is 448 g/mol. The first-order chi connectivity index (χ1) is 15.4. The second-order valence-electron chi connectivity index (χ2n) is 8.14. The molecule has 0 atom stereocenters. The van der Waals surface area contributed by atoms with Gasteiger partial charge in [0, 0.05) is 6.54 Å². The van der Waals surface area contributed by atoms with Gasteiger partial charge in [-0.2, -0.15) is 0 Å². The van der Waals surface area contributed by atoms with Crippen LogP contribution in [0.2, 0.25) is 0 Å². The topological polar surface area (TPSA) is 128 Å². The van der Waals surface area contributed by atoms with Gasteiger partial charge in [-0.25, -0.2) is 22.7 Å². The summed E-state index contributed by atoms with van der Waals surface area (Å²) in [4.78, 5) is 34.9. The maximum Gasteiger partial charge on any atom is 0.413 e. The van der Waals surface area contributed by atoms with E-state index < -0.39 is 34.6 Å². The zero-order chi connectivity index (χ0) is 24.6. The van der Waals surface area contributed by atoms with E-state index in [2.05, 4.69) is 9.46 Å². The molecule has 33 heavy (non-hydrogen) atoms. The SMILES string of the molecule is CCOC(=O)NC(=O)COC(=O)c1ccc(CNS(=O)(=O)c2ccc(C(C)(C)C)cc2)cc1. The van der Waals surface area contributed by atoms with Gasteiger partial charge in [-0.1, -0.05) is 45.0 Å². The van der Waals surface area contributed by atoms with Gasteiger partial charge in [-0.15, -0.1) is 0 Å². The van der Waals surface area contributed by atoms with Gasteiger partial charge in [0.1, 0.15) is 0 Å². The van der Waals surface area contributed by atoms with Crippen LogP contribution in [-0.4, -0.2) is 39.6 Å². The summed E-state index contributed by atoms with van der Waals surface area (Å²) in [6.45, 7) is 7.22. The Kier molecular flexibility index (Phi) is 8.72. The third-order valence-corrected chi connectivity index (χ3v) is 5.96. The van der Waals surface area contributed by atoms with Gasteiger partial charge in [0.2, 0.25) is 10.0 Å². The van der Waals surface area contributed by atoms with Crippen molar-refractivity contribution < 1.29 is 32.3 Å². The van der Waals surface area contributed by atoms with Crippen LogP contribution in [0.5, 0.6) is 0 Å². The summed E-state index contributed by atoms with van der Waals surface area (Å²) < 4.78 is 37.0. The van der Waals surface area contributed by atoms with Gasteiger partial charge >= 0.3 is 12.1 Å². The maximum absolute atomic E-state index is 12.6. The third-order valence-electron chi connectivity index (χ3n) is 4.54. The number of rotatable bonds is 8. The Hall–Kier alpha value is -3.24. The van der Waals surface area contributed by atoms with Gasteiger partial charge in [0.05, 0.1) is 17.1 Å². The van der Waals surface area contributed by atoms with Gasteiger partial charge in [-0.05, 0) is 47.7 Å². The Morgan fingerprint density at radius 1 is 0.909 bits per heavy atom. The molecule has 0 heterocycles. The van der Waals surface area contributed by atoms with Crippen molar-refractivity contribution in [2.75, 3.05) is 13.2 Å². The van der Waals surface area contributed by atoms with Crippen LogP contribution >= 0.6 is 0 Å². The van der Waals surface area contributed by atoms with E-state index in [-0.39, 0.29) is 29.0 Å². The molecule has 2 rings (SSSR count). The quantitative estimate of drug-likeness (QED) is 0.561. The average molecular weight is 477 g/mol. The minimum Gasteiger partial charge on any atom is -0.452 e. The second-order valence-corrected chi connectivity index (χ2v) is 9.91. The number of benzene rings is 2. The Bertz CT molecular complexity index is 1090. The molecule has 0 bridgehead atoms. The number of imide groups is 1. The number of alkyl carbamates (subject to hydrolysis) is 1. The predicted octanol–water partition coefficient (Wildman–Crippen LogP) is 2.89. The first-order valence-electron chi connectivity index (χ1n) is 10.3. The smallest absolute Gasteiger partial charge is 0.413 e. The molecule has 178 valence electrons. The van der Waals surface area contributed by atoms with Crippen LogP contribution in [0, 0.1) is 0 Å². The normalized spacial score (nSPS) is 11.5. The highest BCUT2D eigenvalue weighted by Gasteiger charge is 2.18. The largest absolute Gasteiger partial charge is 0.452 e. The lowest BCUT2D eigenvalue weighted by Gasteiger charge is -2.19. The molecule has 0 unspecified atom stereocenters. The molecule has 2 amide bonds. The lowest BCUT2D eigenvalue weighted by Crippen LogP contribution is -2.34. The van der Waals surface area contributed by atoms with Crippen LogP contribution < -0.4 is 10.0 Å². The molecular formula is C23H28N2O7S. The number of carbonyl (C=O) groups is 3. The summed E-state index contributed by atoms with van der Waals surface area (Å²) in [5, 5.41) is 1.91. The Morgan fingerprint density at radius 2 is 1.52 bits per heavy atom. The Labute approximate surface area is 193 Å². The van der Waals surface area contributed by atoms with Crippen molar-refractivity contribution in [1.82, 2.24) is 10.0 Å². The molecule has 9 nitrogen and oxygen atoms in total. The number of nitrogens with one attached hydrogen (secondary N) is 2. The van der Waals surface area contributed by atoms with Crippen LogP contribution in [0.1, 0.15) is 49.2 Å². The van der Waals surface area contributed by atoms with Crippen LogP contribution in [0.25, 0.3) is 0 Å². The Balaban J connectivity index is 1.90. The van der Waals surface area contributed by atoms with E-state index in [0.717, 1.165) is 5.56 Å². The maximum atomic E-state index is 12.6. The van der Waals surface area contributed by atoms with Crippen molar-refractivity contribution in [1.29, 1.82) is 0 Å². The molecule has 0 aliphatic heterocycles. The first kappa shape index (κ1) is 26.0. The fraction of sp³-hybridized carbons (Fsp3) is 0.348. The zero-order valence-corrected chi connectivity index (χ0v) is 19.8. The lowest BCUT2D eigenvalue weighted by molar-refractivity contribution is -0.123. The van der Waals surface area contributed by atoms with Crippen molar-refractivity contribution in [3.8, 4) is 0 Å². The highest BCUT2D eigenvalue weighted by Crippen LogP contribution is 2.23. The highest BCUT2D eigenvalue weighted by molar-refractivity contribution is 7.89. The van der Waals surface area contributed by atoms with Gasteiger partial charge in [0.25, 0.3) is 5.91 Å². The fourth-order valence-corrected chi connectivity index (χ4v) is 3.70. The standard InChI is InChI=1S/C23H28N2O7S/c1-5-31-22(28)25-20(26)15-32-21(27)17-8-6-16(7-9-17)14-24-33(29,30)19-12-10-18(11-13-19)23(2,3)4/h6-13,24H,5,14-15H2,1-4H3,(H,25,26,28). The molecule has 2 aromatic carbocycles. The monoisotopic (exact) mass is 476 g/mol. The summed E-state index contributed by atoms with van der Waals surface area (Å²) in [6.07, 6.45) is -0.921. The zero-order valence-electron chi connectivity index (χ0n) is 19.0. The number of ether oxygens (including phenoxy) is 2. The van der Waals surface area contributed by atoms with E-state index in [1.807, 2.05) is 26.1 Å². The summed E-state index contributed by atoms with van der Waals surface area (Å²) in [5.41, 5.74) is 1.75. The summed E-state index contributed by atoms with van der Waals surface area (Å²) in [5.74, 6) is -1.58. The molecule has 2 aromatic rings. The summed E-state index contributed by atoms with van der Waals surface area (Å²) in [6, 6.07) is 12.8. The van der Waals surface area contributed by atoms with E-state index in [9.17, 15) is 22.8 Å². The summed E-state index contributed by atoms with van der Waals surface area (Å²) >= 11 is 0. The number of carbonyl (C=O) groups excluding carboxylic acids is 3. The van der Waals surface area contributed by atoms with Crippen LogP contribution in [-0.2, 0) is 36.3 Å². The van der Waals surface area contributed by atoms with Crippen molar-refractivity contribution in [3.05, 3.63) is 65.2 Å². The number of hydrogen-bond acceptors (Lipinski definition) is 7. The molecule has 10 heteroatoms. The minimum absolute atomic E-state index is 0.0284. The molecule has 0 radical (unpaired) electrons. The first-order valence-corrected chi connectivity index (χ1v) is 11.7. The van der Waals surface area contributed by atoms with Crippen LogP contribution in [0.4, 0.5) is 4.79 Å². The van der Waals surface area contributed by atoms with Crippen molar-refractivity contribution in [3.63, 3.8) is 0 Å². The van der Waals surface area contributed by atoms with E-state index in [1.165, 1.54) is 12.1 Å². The molecule has 0 fully saturated rings. The number of amides is 2. The van der Waals surface area contributed by atoms with E-state index in [1.54, 1.807) is 43.3 Å². The minimum atomic E-state index is -3.70. The highest BCUT2D eigenvalue weighted by atomic mass is 32.2. The molecule has 0 saturated carbocycles. The third kappa shape index (κ3) is 7.99. The molecule has 0 spiro atoms. The fourth-order valence-electron chi connectivity index (χ4n) is 2.69. The van der Waals surface area contributed by atoms with E-state index in [0.29, 0.717) is 5.56 Å². The van der Waals surface area contributed by atoms with Crippen molar-refractivity contribution in [2.24, 2.45) is 0 Å². The molecule has 2 N–H and O–H groups in total. The lowest BCUT2D eigenvalue weighted by atomic mass is 9.87. The van der Waals surface area contributed by atoms with Crippen LogP contribution in [0.15, 0.2) is 53.4 Å². The number of hydrogen-bond donors (Lipinski definition) is 2. The number of sulfonamides is 1. The van der Waals surface area contributed by atoms with Gasteiger partial charge < -0.3 is 9.47 Å². The van der Waals surface area contributed by atoms with Crippen LogP contribution in [0.3, 0.4) is 0 Å². The number of esters is 1. The summed E-state index contributed by atoms with van der Waals surface area (Å²) in [7, 11) is -3.70. The Morgan fingerprint density at radius 3 is 2.06 bits per heavy atom. The van der Waals surface area contributed by atoms with E-state index >= 15 is 0 Å². The van der Waals surface area contributed by atoms with Crippen molar-refractivity contribution in [2.45, 2.75) is 44.6 Å². The average Bonchev–Trinajstić information content (AvgIpc) is 2.76. The second kappa shape index (κ2) is 11.1. The van der Waals surface area contributed by atoms with Crippen molar-refractivity contribution >= 4 is 28.0 Å². The molecule has 0 aliphatic rings. The molecule has 0 aliphatic carbocycles.